The number of rotatable bonds is 13. The number of aliphatic hydroxyl groups excluding tert-OH is 2. The number of aldehydes is 1. The Kier molecular flexibility index (Phi) is 10.2. The van der Waals surface area contributed by atoms with Crippen LogP contribution in [0.1, 0.15) is 74.2 Å². The average Bonchev–Trinajstić information content (AvgIpc) is 3.60. The summed E-state index contributed by atoms with van der Waals surface area (Å²) in [5.74, 6) is -0.193. The highest BCUT2D eigenvalue weighted by Crippen LogP contribution is 2.51. The summed E-state index contributed by atoms with van der Waals surface area (Å²) in [5, 5.41) is 23.8. The van der Waals surface area contributed by atoms with E-state index in [4.69, 9.17) is 14.2 Å². The van der Waals surface area contributed by atoms with Gasteiger partial charge in [-0.3, -0.25) is 14.4 Å². The highest BCUT2D eigenvalue weighted by molar-refractivity contribution is 5.96. The number of hydrogen-bond donors (Lipinski definition) is 3. The minimum Gasteiger partial charge on any atom is -0.493 e. The number of amides is 2. The van der Waals surface area contributed by atoms with Crippen LogP contribution in [0.2, 0.25) is 0 Å². The van der Waals surface area contributed by atoms with Gasteiger partial charge in [-0.15, -0.1) is 0 Å². The number of nitrogens with zero attached hydrogens (tertiary/aromatic N) is 1. The molecule has 10 heteroatoms. The van der Waals surface area contributed by atoms with Crippen molar-refractivity contribution in [1.29, 1.82) is 0 Å². The van der Waals surface area contributed by atoms with Crippen molar-refractivity contribution in [2.75, 3.05) is 33.4 Å². The largest absolute Gasteiger partial charge is 0.493 e. The number of fused-ring (bicyclic) bond motifs is 3. The standard InChI is InChI=1S/C30H42N2O8/c1-18(2)39-12-6-10-32(25(35)15-19-7-4-5-8-19)23-16-22(30(37)31-9-11-33)26-21-13-20(17-34)14-24(38-3)28(21)40-29(26)27(23)36/h13-14,16-19,23,26-27,29,33,36H,4-12,15H2,1-3H3,(H,31,37). The fourth-order valence-electron chi connectivity index (χ4n) is 6.13. The van der Waals surface area contributed by atoms with Crippen molar-refractivity contribution >= 4 is 18.1 Å². The van der Waals surface area contributed by atoms with Gasteiger partial charge in [-0.1, -0.05) is 12.8 Å². The normalized spacial score (nSPS) is 23.7. The fraction of sp³-hybridized carbons (Fsp3) is 0.633. The molecule has 1 saturated carbocycles. The predicted octanol–water partition coefficient (Wildman–Crippen LogP) is 2.35. The van der Waals surface area contributed by atoms with Gasteiger partial charge >= 0.3 is 0 Å². The van der Waals surface area contributed by atoms with Crippen molar-refractivity contribution in [3.8, 4) is 11.5 Å². The minimum absolute atomic E-state index is 0.0447. The molecule has 0 bridgehead atoms. The first-order valence-corrected chi connectivity index (χ1v) is 14.3. The van der Waals surface area contributed by atoms with Crippen molar-refractivity contribution in [3.63, 3.8) is 0 Å². The zero-order valence-corrected chi connectivity index (χ0v) is 23.6. The monoisotopic (exact) mass is 558 g/mol. The van der Waals surface area contributed by atoms with Gasteiger partial charge in [-0.2, -0.15) is 0 Å². The second-order valence-corrected chi connectivity index (χ2v) is 11.1. The lowest BCUT2D eigenvalue weighted by Gasteiger charge is -2.41. The molecule has 4 atom stereocenters. The first-order valence-electron chi connectivity index (χ1n) is 14.3. The maximum Gasteiger partial charge on any atom is 0.247 e. The van der Waals surface area contributed by atoms with E-state index in [1.807, 2.05) is 13.8 Å². The molecule has 4 rings (SSSR count). The zero-order chi connectivity index (χ0) is 28.8. The SMILES string of the molecule is COc1cc(C=O)cc2c1OC1C2C(C(=O)NCCO)=CC(N(CCCOC(C)C)C(=O)CC2CCCC2)C1O. The van der Waals surface area contributed by atoms with Crippen molar-refractivity contribution in [2.24, 2.45) is 5.92 Å². The molecule has 3 aliphatic rings. The molecule has 3 N–H and O–H groups in total. The highest BCUT2D eigenvalue weighted by Gasteiger charge is 2.51. The second-order valence-electron chi connectivity index (χ2n) is 11.1. The number of benzene rings is 1. The van der Waals surface area contributed by atoms with Crippen molar-refractivity contribution in [1.82, 2.24) is 10.2 Å². The lowest BCUT2D eigenvalue weighted by Crippen LogP contribution is -2.56. The van der Waals surface area contributed by atoms with Crippen LogP contribution in [0.15, 0.2) is 23.8 Å². The molecule has 40 heavy (non-hydrogen) atoms. The summed E-state index contributed by atoms with van der Waals surface area (Å²) in [6.45, 7) is 4.52. The van der Waals surface area contributed by atoms with Gasteiger partial charge in [0.05, 0.1) is 31.8 Å². The van der Waals surface area contributed by atoms with E-state index in [1.165, 1.54) is 7.11 Å². The molecule has 0 radical (unpaired) electrons. The molecule has 1 fully saturated rings. The number of carbonyl (C=O) groups excluding carboxylic acids is 3. The van der Waals surface area contributed by atoms with Gasteiger partial charge in [0.2, 0.25) is 11.8 Å². The molecule has 220 valence electrons. The van der Waals surface area contributed by atoms with Crippen molar-refractivity contribution in [3.05, 3.63) is 34.9 Å². The molecule has 1 heterocycles. The topological polar surface area (TPSA) is 135 Å². The van der Waals surface area contributed by atoms with Crippen LogP contribution in [0, 0.1) is 5.92 Å². The Balaban J connectivity index is 1.71. The van der Waals surface area contributed by atoms with E-state index in [1.54, 1.807) is 23.1 Å². The van der Waals surface area contributed by atoms with Crippen LogP contribution in [-0.4, -0.2) is 91.0 Å². The van der Waals surface area contributed by atoms with Gasteiger partial charge in [0.15, 0.2) is 11.5 Å². The van der Waals surface area contributed by atoms with E-state index in [2.05, 4.69) is 5.32 Å². The predicted molar refractivity (Wildman–Crippen MR) is 148 cm³/mol. The maximum absolute atomic E-state index is 13.7. The number of ether oxygens (including phenoxy) is 3. The minimum atomic E-state index is -1.14. The van der Waals surface area contributed by atoms with E-state index < -0.39 is 30.1 Å². The van der Waals surface area contributed by atoms with Crippen LogP contribution in [0.25, 0.3) is 0 Å². The second kappa shape index (κ2) is 13.6. The van der Waals surface area contributed by atoms with Crippen LogP contribution in [0.3, 0.4) is 0 Å². The summed E-state index contributed by atoms with van der Waals surface area (Å²) >= 11 is 0. The Morgan fingerprint density at radius 2 is 2.00 bits per heavy atom. The summed E-state index contributed by atoms with van der Waals surface area (Å²) in [6.07, 6.45) is 5.59. The summed E-state index contributed by atoms with van der Waals surface area (Å²) < 4.78 is 17.4. The third kappa shape index (κ3) is 6.50. The molecule has 0 saturated heterocycles. The first-order chi connectivity index (χ1) is 19.3. The number of aliphatic hydroxyl groups is 2. The average molecular weight is 559 g/mol. The van der Waals surface area contributed by atoms with E-state index in [0.29, 0.717) is 66.4 Å². The van der Waals surface area contributed by atoms with E-state index >= 15 is 0 Å². The lowest BCUT2D eigenvalue weighted by atomic mass is 9.77. The van der Waals surface area contributed by atoms with Gasteiger partial charge < -0.3 is 34.6 Å². The molecule has 1 aromatic carbocycles. The van der Waals surface area contributed by atoms with Gasteiger partial charge in [0.1, 0.15) is 18.5 Å². The van der Waals surface area contributed by atoms with E-state index in [-0.39, 0.29) is 25.2 Å². The third-order valence-corrected chi connectivity index (χ3v) is 8.02. The maximum atomic E-state index is 13.7. The Bertz CT molecular complexity index is 1100. The van der Waals surface area contributed by atoms with Crippen LogP contribution in [-0.2, 0) is 14.3 Å². The van der Waals surface area contributed by atoms with E-state index in [9.17, 15) is 24.6 Å². The van der Waals surface area contributed by atoms with Crippen molar-refractivity contribution < 1.29 is 38.8 Å². The van der Waals surface area contributed by atoms with Crippen LogP contribution < -0.4 is 14.8 Å². The smallest absolute Gasteiger partial charge is 0.247 e. The molecule has 4 unspecified atom stereocenters. The number of methoxy groups -OCH3 is 1. The molecule has 0 spiro atoms. The number of carbonyl (C=O) groups is 3. The fourth-order valence-corrected chi connectivity index (χ4v) is 6.13. The molecular weight excluding hydrogens is 516 g/mol. The van der Waals surface area contributed by atoms with Gasteiger partial charge in [-0.05, 0) is 57.2 Å². The first kappa shape index (κ1) is 30.0. The Morgan fingerprint density at radius 3 is 2.65 bits per heavy atom. The molecule has 0 aromatic heterocycles. The van der Waals surface area contributed by atoms with Gasteiger partial charge in [0.25, 0.3) is 0 Å². The Labute approximate surface area is 235 Å². The summed E-state index contributed by atoms with van der Waals surface area (Å²) in [6, 6.07) is 2.38. The quantitative estimate of drug-likeness (QED) is 0.248. The molecule has 1 aliphatic heterocycles. The molecular formula is C30H42N2O8. The number of hydrogen-bond acceptors (Lipinski definition) is 8. The van der Waals surface area contributed by atoms with Crippen LogP contribution in [0.5, 0.6) is 11.5 Å². The van der Waals surface area contributed by atoms with Gasteiger partial charge in [-0.25, -0.2) is 0 Å². The van der Waals surface area contributed by atoms with Crippen LogP contribution >= 0.6 is 0 Å². The summed E-state index contributed by atoms with van der Waals surface area (Å²) in [7, 11) is 1.46. The highest BCUT2D eigenvalue weighted by atomic mass is 16.5. The lowest BCUT2D eigenvalue weighted by molar-refractivity contribution is -0.138. The Hall–Kier alpha value is -2.95. The van der Waals surface area contributed by atoms with Crippen LogP contribution in [0.4, 0.5) is 0 Å². The number of nitrogens with one attached hydrogen (secondary N) is 1. The molecule has 1 aromatic rings. The van der Waals surface area contributed by atoms with E-state index in [0.717, 1.165) is 25.7 Å². The molecule has 2 amide bonds. The summed E-state index contributed by atoms with van der Waals surface area (Å²) in [4.78, 5) is 40.5. The summed E-state index contributed by atoms with van der Waals surface area (Å²) in [5.41, 5.74) is 1.23. The Morgan fingerprint density at radius 1 is 1.25 bits per heavy atom. The van der Waals surface area contributed by atoms with Crippen molar-refractivity contribution in [2.45, 2.75) is 82.6 Å². The zero-order valence-electron chi connectivity index (χ0n) is 23.6. The third-order valence-electron chi connectivity index (χ3n) is 8.02. The van der Waals surface area contributed by atoms with Gasteiger partial charge in [0, 0.05) is 42.8 Å². The molecule has 10 nitrogen and oxygen atoms in total. The molecule has 2 aliphatic carbocycles.